The van der Waals surface area contributed by atoms with Gasteiger partial charge in [-0.3, -0.25) is 5.10 Å². The molecule has 0 fully saturated rings. The van der Waals surface area contributed by atoms with Gasteiger partial charge in [-0.05, 0) is 55.3 Å². The van der Waals surface area contributed by atoms with E-state index in [0.29, 0.717) is 13.2 Å². The summed E-state index contributed by atoms with van der Waals surface area (Å²) in [6, 6.07) is 5.52. The van der Waals surface area contributed by atoms with Crippen molar-refractivity contribution in [2.45, 2.75) is 46.5 Å². The third kappa shape index (κ3) is 4.74. The summed E-state index contributed by atoms with van der Waals surface area (Å²) in [5.74, 6) is 0.965. The number of hydrogen-bond acceptors (Lipinski definition) is 4. The van der Waals surface area contributed by atoms with Crippen LogP contribution in [-0.4, -0.2) is 28.5 Å². The van der Waals surface area contributed by atoms with Gasteiger partial charge in [0.05, 0.1) is 12.3 Å². The van der Waals surface area contributed by atoms with E-state index in [9.17, 15) is 5.11 Å². The summed E-state index contributed by atoms with van der Waals surface area (Å²) in [5, 5.41) is 17.1. The minimum atomic E-state index is 0.193. The number of rotatable bonds is 9. The second kappa shape index (κ2) is 8.20. The summed E-state index contributed by atoms with van der Waals surface area (Å²) >= 11 is 0. The minimum absolute atomic E-state index is 0.193. The maximum atomic E-state index is 10.3. The number of nitrogens with two attached hydrogens (primary N) is 1. The molecule has 2 aromatic rings. The molecule has 0 unspecified atom stereocenters. The van der Waals surface area contributed by atoms with Crippen molar-refractivity contribution in [1.29, 1.82) is 0 Å². The van der Waals surface area contributed by atoms with E-state index in [4.69, 9.17) is 10.5 Å². The Morgan fingerprint density at radius 3 is 2.71 bits per heavy atom. The Labute approximate surface area is 144 Å². The highest BCUT2D eigenvalue weighted by molar-refractivity contribution is 5.69. The fourth-order valence-corrected chi connectivity index (χ4v) is 2.64. The molecule has 1 heterocycles. The molecule has 1 aromatic heterocycles. The number of nitrogens with one attached hydrogen (secondary N) is 1. The van der Waals surface area contributed by atoms with Gasteiger partial charge in [-0.15, -0.1) is 0 Å². The zero-order valence-electron chi connectivity index (χ0n) is 14.9. The second-order valence-electron chi connectivity index (χ2n) is 6.97. The molecule has 0 aliphatic heterocycles. The molecular weight excluding hydrogens is 302 g/mol. The molecule has 2 rings (SSSR count). The number of nitrogens with zero attached hydrogens (tertiary/aromatic N) is 1. The van der Waals surface area contributed by atoms with E-state index in [2.05, 4.69) is 31.0 Å². The molecule has 0 atom stereocenters. The molecule has 1 aromatic carbocycles. The van der Waals surface area contributed by atoms with Crippen LogP contribution in [0.2, 0.25) is 0 Å². The van der Waals surface area contributed by atoms with Gasteiger partial charge in [-0.2, -0.15) is 5.10 Å². The van der Waals surface area contributed by atoms with Crippen LogP contribution in [0.3, 0.4) is 0 Å². The summed E-state index contributed by atoms with van der Waals surface area (Å²) in [6.07, 6.45) is 5.68. The van der Waals surface area contributed by atoms with Gasteiger partial charge in [-0.1, -0.05) is 20.8 Å². The first-order chi connectivity index (χ1) is 11.5. The number of phenolic OH excluding ortho intramolecular Hbond substituents is 1. The van der Waals surface area contributed by atoms with Gasteiger partial charge in [0.15, 0.2) is 0 Å². The van der Waals surface area contributed by atoms with Crippen LogP contribution in [-0.2, 0) is 6.42 Å². The fraction of sp³-hybridized carbons (Fsp3) is 0.526. The van der Waals surface area contributed by atoms with Gasteiger partial charge in [0, 0.05) is 17.8 Å². The van der Waals surface area contributed by atoms with Crippen LogP contribution in [0.5, 0.6) is 11.5 Å². The lowest BCUT2D eigenvalue weighted by molar-refractivity contribution is 0.276. The van der Waals surface area contributed by atoms with Gasteiger partial charge >= 0.3 is 0 Å². The Morgan fingerprint density at radius 2 is 2.08 bits per heavy atom. The van der Waals surface area contributed by atoms with Gasteiger partial charge in [0.1, 0.15) is 11.5 Å². The van der Waals surface area contributed by atoms with E-state index in [-0.39, 0.29) is 11.2 Å². The molecule has 0 bridgehead atoms. The minimum Gasteiger partial charge on any atom is -0.507 e. The van der Waals surface area contributed by atoms with E-state index < -0.39 is 0 Å². The number of phenols is 1. The molecule has 0 aliphatic rings. The van der Waals surface area contributed by atoms with Crippen LogP contribution < -0.4 is 10.5 Å². The molecule has 0 saturated carbocycles. The number of aromatic hydroxyl groups is 1. The average Bonchev–Trinajstić information content (AvgIpc) is 3.09. The lowest BCUT2D eigenvalue weighted by atomic mass is 9.87. The fourth-order valence-electron chi connectivity index (χ4n) is 2.64. The first-order valence-corrected chi connectivity index (χ1v) is 8.65. The maximum absolute atomic E-state index is 10.3. The number of hydrogen-bond donors (Lipinski definition) is 3. The highest BCUT2D eigenvalue weighted by Gasteiger charge is 2.15. The van der Waals surface area contributed by atoms with Gasteiger partial charge < -0.3 is 15.6 Å². The van der Waals surface area contributed by atoms with Crippen LogP contribution in [0.4, 0.5) is 0 Å². The van der Waals surface area contributed by atoms with Crippen LogP contribution in [0, 0.1) is 5.41 Å². The maximum Gasteiger partial charge on any atom is 0.128 e. The van der Waals surface area contributed by atoms with E-state index in [1.165, 1.54) is 0 Å². The Kier molecular flexibility index (Phi) is 6.26. The van der Waals surface area contributed by atoms with E-state index >= 15 is 0 Å². The predicted octanol–water partition coefficient (Wildman–Crippen LogP) is 3.88. The smallest absolute Gasteiger partial charge is 0.128 e. The Hall–Kier alpha value is -2.01. The van der Waals surface area contributed by atoms with Crippen LogP contribution >= 0.6 is 0 Å². The van der Waals surface area contributed by atoms with E-state index in [1.807, 2.05) is 12.1 Å². The second-order valence-corrected chi connectivity index (χ2v) is 6.97. The number of aromatic nitrogens is 2. The molecule has 5 heteroatoms. The van der Waals surface area contributed by atoms with Gasteiger partial charge in [-0.25, -0.2) is 0 Å². The molecule has 0 saturated heterocycles. The van der Waals surface area contributed by atoms with Crippen LogP contribution in [0.1, 0.15) is 45.6 Å². The topological polar surface area (TPSA) is 84.2 Å². The predicted molar refractivity (Wildman–Crippen MR) is 97.2 cm³/mol. The normalized spacial score (nSPS) is 11.7. The van der Waals surface area contributed by atoms with Crippen molar-refractivity contribution in [3.63, 3.8) is 0 Å². The zero-order chi connectivity index (χ0) is 17.6. The summed E-state index contributed by atoms with van der Waals surface area (Å²) in [6.45, 7) is 7.82. The Bertz CT molecular complexity index is 636. The Morgan fingerprint density at radius 1 is 1.29 bits per heavy atom. The largest absolute Gasteiger partial charge is 0.507 e. The van der Waals surface area contributed by atoms with Crippen LogP contribution in [0.15, 0.2) is 24.4 Å². The summed E-state index contributed by atoms with van der Waals surface area (Å²) in [4.78, 5) is 0. The van der Waals surface area contributed by atoms with Crippen molar-refractivity contribution in [3.05, 3.63) is 30.0 Å². The number of aryl methyl sites for hydroxylation is 1. The lowest BCUT2D eigenvalue weighted by Gasteiger charge is -2.22. The van der Waals surface area contributed by atoms with E-state index in [0.717, 1.165) is 48.3 Å². The SMILES string of the molecule is CCc1cc(-c2ccn[nH]2)c(O)cc1OCCCCC(C)(C)CN. The number of aromatic amines is 1. The molecule has 0 radical (unpaired) electrons. The first kappa shape index (κ1) is 18.3. The third-order valence-electron chi connectivity index (χ3n) is 4.41. The molecule has 24 heavy (non-hydrogen) atoms. The van der Waals surface area contributed by atoms with Crippen molar-refractivity contribution in [2.75, 3.05) is 13.2 Å². The first-order valence-electron chi connectivity index (χ1n) is 8.65. The quantitative estimate of drug-likeness (QED) is 0.609. The molecule has 0 amide bonds. The molecule has 5 nitrogen and oxygen atoms in total. The number of benzene rings is 1. The standard InChI is InChI=1S/C19H29N3O2/c1-4-14-11-15(16-7-9-21-22-16)17(23)12-18(14)24-10-6-5-8-19(2,3)13-20/h7,9,11-12,23H,4-6,8,10,13,20H2,1-3H3,(H,21,22). The molecule has 0 spiro atoms. The zero-order valence-corrected chi connectivity index (χ0v) is 14.9. The van der Waals surface area contributed by atoms with Crippen molar-refractivity contribution in [2.24, 2.45) is 11.1 Å². The van der Waals surface area contributed by atoms with E-state index in [1.54, 1.807) is 12.3 Å². The molecule has 0 aliphatic carbocycles. The third-order valence-corrected chi connectivity index (χ3v) is 4.41. The van der Waals surface area contributed by atoms with Crippen molar-refractivity contribution < 1.29 is 9.84 Å². The lowest BCUT2D eigenvalue weighted by Crippen LogP contribution is -2.23. The van der Waals surface area contributed by atoms with Crippen molar-refractivity contribution in [1.82, 2.24) is 10.2 Å². The summed E-state index contributed by atoms with van der Waals surface area (Å²) in [7, 11) is 0. The summed E-state index contributed by atoms with van der Waals surface area (Å²) in [5.41, 5.74) is 8.59. The van der Waals surface area contributed by atoms with Crippen LogP contribution in [0.25, 0.3) is 11.3 Å². The Balaban J connectivity index is 1.97. The monoisotopic (exact) mass is 331 g/mol. The van der Waals surface area contributed by atoms with Gasteiger partial charge in [0.2, 0.25) is 0 Å². The number of H-pyrrole nitrogens is 1. The van der Waals surface area contributed by atoms with Crippen molar-refractivity contribution >= 4 is 0 Å². The number of unbranched alkanes of at least 4 members (excludes halogenated alkanes) is 1. The summed E-state index contributed by atoms with van der Waals surface area (Å²) < 4.78 is 5.91. The number of ether oxygens (including phenoxy) is 1. The molecule has 4 N–H and O–H groups in total. The highest BCUT2D eigenvalue weighted by atomic mass is 16.5. The molecule has 132 valence electrons. The van der Waals surface area contributed by atoms with Gasteiger partial charge in [0.25, 0.3) is 0 Å². The molecular formula is C19H29N3O2. The average molecular weight is 331 g/mol. The van der Waals surface area contributed by atoms with Crippen molar-refractivity contribution in [3.8, 4) is 22.8 Å². The highest BCUT2D eigenvalue weighted by Crippen LogP contribution is 2.35.